The molecule has 0 N–H and O–H groups in total. The molecule has 1 saturated carbocycles. The largest absolute Gasteiger partial charge is 0.468 e. The Kier molecular flexibility index (Phi) is 2.44. The zero-order valence-corrected chi connectivity index (χ0v) is 10.2. The molecule has 0 radical (unpaired) electrons. The van der Waals surface area contributed by atoms with Crippen LogP contribution in [0.3, 0.4) is 0 Å². The number of ether oxygens (including phenoxy) is 1. The van der Waals surface area contributed by atoms with E-state index in [0.717, 1.165) is 24.2 Å². The summed E-state index contributed by atoms with van der Waals surface area (Å²) >= 11 is 0. The molecular formula is C14H14N2O2. The maximum atomic E-state index is 11.8. The van der Waals surface area contributed by atoms with Crippen molar-refractivity contribution in [2.24, 2.45) is 0 Å². The third kappa shape index (κ3) is 1.61. The summed E-state index contributed by atoms with van der Waals surface area (Å²) in [6.45, 7) is 0. The molecule has 1 fully saturated rings. The first-order valence-corrected chi connectivity index (χ1v) is 5.94. The molecule has 1 aliphatic rings. The lowest BCUT2D eigenvalue weighted by Crippen LogP contribution is -2.22. The summed E-state index contributed by atoms with van der Waals surface area (Å²) in [5.74, 6) is -0.180. The van der Waals surface area contributed by atoms with Crippen molar-refractivity contribution in [1.82, 2.24) is 9.55 Å². The number of esters is 1. The lowest BCUT2D eigenvalue weighted by atomic mass is 10.0. The van der Waals surface area contributed by atoms with E-state index in [0.29, 0.717) is 0 Å². The first kappa shape index (κ1) is 11.0. The summed E-state index contributed by atoms with van der Waals surface area (Å²) in [4.78, 5) is 16.1. The molecule has 18 heavy (non-hydrogen) atoms. The number of nitrogens with zero attached hydrogens (tertiary/aromatic N) is 2. The van der Waals surface area contributed by atoms with Crippen molar-refractivity contribution < 1.29 is 9.53 Å². The Morgan fingerprint density at radius 1 is 1.33 bits per heavy atom. The van der Waals surface area contributed by atoms with Gasteiger partial charge in [-0.1, -0.05) is 18.2 Å². The van der Waals surface area contributed by atoms with E-state index < -0.39 is 5.41 Å². The molecule has 0 unspecified atom stereocenters. The average Bonchev–Trinajstić information content (AvgIpc) is 3.09. The molecule has 0 saturated heterocycles. The Balaban J connectivity index is 1.94. The Bertz CT molecular complexity index is 570. The van der Waals surface area contributed by atoms with Crippen LogP contribution in [0.25, 0.3) is 5.69 Å². The van der Waals surface area contributed by atoms with Crippen LogP contribution in [-0.4, -0.2) is 22.6 Å². The van der Waals surface area contributed by atoms with E-state index in [1.165, 1.54) is 7.11 Å². The van der Waals surface area contributed by atoms with E-state index in [9.17, 15) is 4.79 Å². The van der Waals surface area contributed by atoms with Crippen molar-refractivity contribution in [2.75, 3.05) is 7.11 Å². The highest BCUT2D eigenvalue weighted by Crippen LogP contribution is 2.48. The number of methoxy groups -OCH3 is 1. The Morgan fingerprint density at radius 3 is 2.67 bits per heavy atom. The minimum absolute atomic E-state index is 0.180. The van der Waals surface area contributed by atoms with Crippen molar-refractivity contribution in [1.29, 1.82) is 0 Å². The van der Waals surface area contributed by atoms with Gasteiger partial charge in [0.1, 0.15) is 5.41 Å². The van der Waals surface area contributed by atoms with E-state index in [-0.39, 0.29) is 5.97 Å². The molecular weight excluding hydrogens is 228 g/mol. The predicted octanol–water partition coefficient (Wildman–Crippen LogP) is 2.08. The summed E-state index contributed by atoms with van der Waals surface area (Å²) in [7, 11) is 1.43. The maximum absolute atomic E-state index is 11.8. The molecule has 0 atom stereocenters. The number of hydrogen-bond donors (Lipinski definition) is 0. The molecule has 0 aliphatic heterocycles. The molecule has 2 aromatic rings. The Hall–Kier alpha value is -2.10. The molecule has 1 aromatic carbocycles. The second kappa shape index (κ2) is 3.98. The van der Waals surface area contributed by atoms with Crippen LogP contribution in [0.1, 0.15) is 18.5 Å². The van der Waals surface area contributed by atoms with Gasteiger partial charge in [0.15, 0.2) is 0 Å². The van der Waals surface area contributed by atoms with Crippen LogP contribution in [-0.2, 0) is 14.9 Å². The van der Waals surface area contributed by atoms with Gasteiger partial charge < -0.3 is 9.30 Å². The number of aromatic nitrogens is 2. The van der Waals surface area contributed by atoms with E-state index >= 15 is 0 Å². The van der Waals surface area contributed by atoms with Gasteiger partial charge >= 0.3 is 5.97 Å². The van der Waals surface area contributed by atoms with Crippen molar-refractivity contribution in [3.63, 3.8) is 0 Å². The average molecular weight is 242 g/mol. The van der Waals surface area contributed by atoms with Crippen LogP contribution in [0.15, 0.2) is 42.9 Å². The monoisotopic (exact) mass is 242 g/mol. The number of para-hydroxylation sites is 1. The molecule has 4 nitrogen and oxygen atoms in total. The van der Waals surface area contributed by atoms with Gasteiger partial charge in [-0.25, -0.2) is 4.98 Å². The third-order valence-corrected chi connectivity index (χ3v) is 3.45. The van der Waals surface area contributed by atoms with Gasteiger partial charge in [-0.15, -0.1) is 0 Å². The Labute approximate surface area is 105 Å². The molecule has 0 spiro atoms. The molecule has 4 heteroatoms. The lowest BCUT2D eigenvalue weighted by Gasteiger charge is -2.08. The minimum atomic E-state index is -0.491. The second-order valence-electron chi connectivity index (χ2n) is 4.58. The number of hydrogen-bond acceptors (Lipinski definition) is 3. The molecule has 0 bridgehead atoms. The van der Waals surface area contributed by atoms with Gasteiger partial charge in [0, 0.05) is 11.9 Å². The molecule has 1 aromatic heterocycles. The van der Waals surface area contributed by atoms with Crippen LogP contribution >= 0.6 is 0 Å². The number of carbonyl (C=O) groups is 1. The highest BCUT2D eigenvalue weighted by molar-refractivity contribution is 5.85. The van der Waals surface area contributed by atoms with Crippen LogP contribution < -0.4 is 0 Å². The van der Waals surface area contributed by atoms with Gasteiger partial charge in [-0.05, 0) is 25.0 Å². The normalized spacial score (nSPS) is 16.3. The number of benzene rings is 1. The fraction of sp³-hybridized carbons (Fsp3) is 0.286. The highest BCUT2D eigenvalue weighted by atomic mass is 16.5. The fourth-order valence-electron chi connectivity index (χ4n) is 2.20. The summed E-state index contributed by atoms with van der Waals surface area (Å²) in [6, 6.07) is 9.93. The summed E-state index contributed by atoms with van der Waals surface area (Å²) in [5.41, 5.74) is 1.35. The van der Waals surface area contributed by atoms with E-state index in [2.05, 4.69) is 4.98 Å². The van der Waals surface area contributed by atoms with Crippen LogP contribution in [0.4, 0.5) is 0 Å². The van der Waals surface area contributed by atoms with Gasteiger partial charge in [0.05, 0.1) is 19.1 Å². The fourth-order valence-corrected chi connectivity index (χ4v) is 2.20. The standard InChI is InChI=1S/C14H14N2O2/c1-18-13(17)14(7-8-14)12-9-16(10-15-12)11-5-3-2-4-6-11/h2-6,9-10H,7-8H2,1H3. The SMILES string of the molecule is COC(=O)C1(c2cn(-c3ccccc3)cn2)CC1. The number of imidazole rings is 1. The zero-order valence-electron chi connectivity index (χ0n) is 10.2. The van der Waals surface area contributed by atoms with E-state index in [1.54, 1.807) is 6.33 Å². The Morgan fingerprint density at radius 2 is 2.06 bits per heavy atom. The zero-order chi connectivity index (χ0) is 12.6. The predicted molar refractivity (Wildman–Crippen MR) is 66.5 cm³/mol. The molecule has 1 heterocycles. The summed E-state index contributed by atoms with van der Waals surface area (Å²) in [6.07, 6.45) is 5.31. The number of carbonyl (C=O) groups excluding carboxylic acids is 1. The van der Waals surface area contributed by atoms with Crippen LogP contribution in [0, 0.1) is 0 Å². The number of rotatable bonds is 3. The quantitative estimate of drug-likeness (QED) is 0.774. The molecule has 92 valence electrons. The van der Waals surface area contributed by atoms with Gasteiger partial charge in [-0.3, -0.25) is 4.79 Å². The smallest absolute Gasteiger partial charge is 0.317 e. The van der Waals surface area contributed by atoms with Crippen LogP contribution in [0.5, 0.6) is 0 Å². The van der Waals surface area contributed by atoms with Crippen molar-refractivity contribution in [3.8, 4) is 5.69 Å². The van der Waals surface area contributed by atoms with Gasteiger partial charge in [0.2, 0.25) is 0 Å². The van der Waals surface area contributed by atoms with E-state index in [4.69, 9.17) is 4.74 Å². The molecule has 0 amide bonds. The minimum Gasteiger partial charge on any atom is -0.468 e. The first-order valence-electron chi connectivity index (χ1n) is 5.94. The lowest BCUT2D eigenvalue weighted by molar-refractivity contribution is -0.143. The van der Waals surface area contributed by atoms with Gasteiger partial charge in [-0.2, -0.15) is 0 Å². The van der Waals surface area contributed by atoms with Crippen LogP contribution in [0.2, 0.25) is 0 Å². The van der Waals surface area contributed by atoms with Crippen molar-refractivity contribution >= 4 is 5.97 Å². The van der Waals surface area contributed by atoms with E-state index in [1.807, 2.05) is 41.1 Å². The maximum Gasteiger partial charge on any atom is 0.317 e. The van der Waals surface area contributed by atoms with Crippen molar-refractivity contribution in [3.05, 3.63) is 48.5 Å². The first-order chi connectivity index (χ1) is 8.76. The second-order valence-corrected chi connectivity index (χ2v) is 4.58. The van der Waals surface area contributed by atoms with Gasteiger partial charge in [0.25, 0.3) is 0 Å². The van der Waals surface area contributed by atoms with Crippen molar-refractivity contribution in [2.45, 2.75) is 18.3 Å². The third-order valence-electron chi connectivity index (χ3n) is 3.45. The highest BCUT2D eigenvalue weighted by Gasteiger charge is 2.54. The summed E-state index contributed by atoms with van der Waals surface area (Å²) in [5, 5.41) is 0. The molecule has 1 aliphatic carbocycles. The molecule has 3 rings (SSSR count). The topological polar surface area (TPSA) is 44.1 Å². The summed E-state index contributed by atoms with van der Waals surface area (Å²) < 4.78 is 6.79.